The minimum absolute atomic E-state index is 0.0372. The Kier molecular flexibility index (Phi) is 6.14. The summed E-state index contributed by atoms with van der Waals surface area (Å²) in [5.41, 5.74) is 7.26. The number of H-pyrrole nitrogens is 1. The van der Waals surface area contributed by atoms with E-state index in [2.05, 4.69) is 42.3 Å². The number of nitrogens with zero attached hydrogens (tertiary/aromatic N) is 3. The van der Waals surface area contributed by atoms with E-state index < -0.39 is 0 Å². The zero-order valence-electron chi connectivity index (χ0n) is 23.9. The molecule has 1 fully saturated rings. The highest BCUT2D eigenvalue weighted by Crippen LogP contribution is 2.42. The normalized spacial score (nSPS) is 14.1. The van der Waals surface area contributed by atoms with Crippen LogP contribution in [0.3, 0.4) is 0 Å². The van der Waals surface area contributed by atoms with Gasteiger partial charge in [-0.2, -0.15) is 0 Å². The molecule has 2 N–H and O–H groups in total. The molecule has 0 atom stereocenters. The lowest BCUT2D eigenvalue weighted by Crippen LogP contribution is -2.48. The number of carbonyl (C=O) groups is 1. The Hall–Kier alpha value is -4.24. The summed E-state index contributed by atoms with van der Waals surface area (Å²) in [6.07, 6.45) is 0. The van der Waals surface area contributed by atoms with Crippen LogP contribution in [0.2, 0.25) is 0 Å². The van der Waals surface area contributed by atoms with Crippen molar-refractivity contribution < 1.29 is 18.8 Å². The summed E-state index contributed by atoms with van der Waals surface area (Å²) in [7, 11) is 1.66. The second kappa shape index (κ2) is 9.45. The highest BCUT2D eigenvalue weighted by Gasteiger charge is 2.25. The number of methoxy groups -OCH3 is 1. The molecule has 1 saturated heterocycles. The Bertz CT molecular complexity index is 1770. The van der Waals surface area contributed by atoms with Gasteiger partial charge < -0.3 is 24.3 Å². The summed E-state index contributed by atoms with van der Waals surface area (Å²) in [6, 6.07) is 10.1. The van der Waals surface area contributed by atoms with Gasteiger partial charge in [0.15, 0.2) is 0 Å². The Balaban J connectivity index is 1.59. The van der Waals surface area contributed by atoms with E-state index in [0.29, 0.717) is 36.0 Å². The van der Waals surface area contributed by atoms with Crippen molar-refractivity contribution in [1.29, 1.82) is 0 Å². The fraction of sp³-hybridized carbons (Fsp3) is 0.355. The van der Waals surface area contributed by atoms with Crippen LogP contribution in [-0.4, -0.2) is 52.4 Å². The van der Waals surface area contributed by atoms with Crippen molar-refractivity contribution in [3.8, 4) is 28.1 Å². The molecule has 6 rings (SSSR count). The number of aromatic nitrogens is 4. The van der Waals surface area contributed by atoms with E-state index in [-0.39, 0.29) is 17.4 Å². The molecule has 0 saturated carbocycles. The van der Waals surface area contributed by atoms with Crippen molar-refractivity contribution in [2.45, 2.75) is 53.0 Å². The van der Waals surface area contributed by atoms with Crippen molar-refractivity contribution in [1.82, 2.24) is 25.4 Å². The number of fused-ring (bicyclic) bond motifs is 3. The van der Waals surface area contributed by atoms with E-state index in [4.69, 9.17) is 24.0 Å². The second-order valence-corrected chi connectivity index (χ2v) is 11.5. The predicted molar refractivity (Wildman–Crippen MR) is 154 cm³/mol. The molecule has 0 unspecified atom stereocenters. The van der Waals surface area contributed by atoms with Gasteiger partial charge in [-0.25, -0.2) is 9.97 Å². The topological polar surface area (TPSA) is 115 Å². The largest absolute Gasteiger partial charge is 0.496 e. The molecule has 5 aromatic rings. The van der Waals surface area contributed by atoms with Crippen LogP contribution in [0, 0.1) is 20.8 Å². The number of aromatic amines is 1. The van der Waals surface area contributed by atoms with E-state index in [0.717, 1.165) is 55.7 Å². The Labute approximate surface area is 232 Å². The molecule has 40 heavy (non-hydrogen) atoms. The maximum Gasteiger partial charge on any atom is 0.251 e. The van der Waals surface area contributed by atoms with Gasteiger partial charge in [-0.05, 0) is 62.1 Å². The molecular weight excluding hydrogens is 506 g/mol. The zero-order valence-corrected chi connectivity index (χ0v) is 23.9. The molecule has 9 heteroatoms. The van der Waals surface area contributed by atoms with Gasteiger partial charge in [-0.15, -0.1) is 0 Å². The number of carbonyl (C=O) groups excluding carboxylic acids is 1. The highest BCUT2D eigenvalue weighted by molar-refractivity contribution is 6.14. The third-order valence-corrected chi connectivity index (χ3v) is 7.49. The standard InChI is InChI=1S/C31H33N5O4/c1-15-26(16(2)40-36-15)23-11-24-22(12-25(23)38-7)27-28(32-17(3)33-29(27)35-24)18-8-19(10-20(9-18)31(4,5)6)30(37)34-21-13-39-14-21/h8-12,21H,13-14H2,1-7H3,(H,34,37)(H,32,33,35). The van der Waals surface area contributed by atoms with Gasteiger partial charge in [-0.1, -0.05) is 25.9 Å². The quantitative estimate of drug-likeness (QED) is 0.290. The average Bonchev–Trinajstić information content (AvgIpc) is 3.41. The minimum atomic E-state index is -0.182. The van der Waals surface area contributed by atoms with Gasteiger partial charge in [-0.3, -0.25) is 4.79 Å². The number of hydrogen-bond donors (Lipinski definition) is 2. The van der Waals surface area contributed by atoms with Crippen molar-refractivity contribution in [3.63, 3.8) is 0 Å². The van der Waals surface area contributed by atoms with Crippen LogP contribution in [0.25, 0.3) is 44.3 Å². The van der Waals surface area contributed by atoms with Crippen LogP contribution in [0.1, 0.15) is 54.0 Å². The molecule has 0 spiro atoms. The first-order valence-corrected chi connectivity index (χ1v) is 13.4. The highest BCUT2D eigenvalue weighted by atomic mass is 16.5. The van der Waals surface area contributed by atoms with Crippen LogP contribution in [0.5, 0.6) is 5.75 Å². The first kappa shape index (κ1) is 26.0. The Morgan fingerprint density at radius 3 is 2.48 bits per heavy atom. The van der Waals surface area contributed by atoms with Gasteiger partial charge >= 0.3 is 0 Å². The minimum Gasteiger partial charge on any atom is -0.496 e. The predicted octanol–water partition coefficient (Wildman–Crippen LogP) is 5.79. The molecule has 1 aliphatic heterocycles. The van der Waals surface area contributed by atoms with Gasteiger partial charge in [0.05, 0.1) is 48.7 Å². The summed E-state index contributed by atoms with van der Waals surface area (Å²) in [6.45, 7) is 13.2. The first-order chi connectivity index (χ1) is 19.0. The van der Waals surface area contributed by atoms with Crippen LogP contribution in [-0.2, 0) is 10.2 Å². The summed E-state index contributed by atoms with van der Waals surface area (Å²) in [4.78, 5) is 26.4. The lowest BCUT2D eigenvalue weighted by Gasteiger charge is -2.27. The van der Waals surface area contributed by atoms with Gasteiger partial charge in [0.1, 0.15) is 23.0 Å². The number of aryl methyl sites for hydroxylation is 3. The van der Waals surface area contributed by atoms with Crippen molar-refractivity contribution >= 4 is 27.8 Å². The average molecular weight is 540 g/mol. The number of benzene rings is 2. The fourth-order valence-electron chi connectivity index (χ4n) is 5.29. The van der Waals surface area contributed by atoms with Crippen molar-refractivity contribution in [2.75, 3.05) is 20.3 Å². The molecule has 206 valence electrons. The Morgan fingerprint density at radius 2 is 1.85 bits per heavy atom. The molecule has 1 amide bonds. The lowest BCUT2D eigenvalue weighted by atomic mass is 9.84. The number of amides is 1. The first-order valence-electron chi connectivity index (χ1n) is 13.4. The van der Waals surface area contributed by atoms with Gasteiger partial charge in [0, 0.05) is 27.6 Å². The molecule has 2 aromatic carbocycles. The zero-order chi connectivity index (χ0) is 28.3. The summed E-state index contributed by atoms with van der Waals surface area (Å²) in [5.74, 6) is 1.93. The second-order valence-electron chi connectivity index (χ2n) is 11.5. The van der Waals surface area contributed by atoms with Crippen molar-refractivity contribution in [2.24, 2.45) is 0 Å². The smallest absolute Gasteiger partial charge is 0.251 e. The third-order valence-electron chi connectivity index (χ3n) is 7.49. The van der Waals surface area contributed by atoms with Gasteiger partial charge in [0.25, 0.3) is 5.91 Å². The van der Waals surface area contributed by atoms with Crippen LogP contribution < -0.4 is 10.1 Å². The number of ether oxygens (including phenoxy) is 2. The lowest BCUT2D eigenvalue weighted by molar-refractivity contribution is -0.00346. The SMILES string of the molecule is COc1cc2c(cc1-c1c(C)noc1C)[nH]c1nc(C)nc(-c3cc(C(=O)NC4COC4)cc(C(C)(C)C)c3)c12. The van der Waals surface area contributed by atoms with Crippen LogP contribution >= 0.6 is 0 Å². The maximum atomic E-state index is 13.3. The molecule has 0 bridgehead atoms. The maximum absolute atomic E-state index is 13.3. The molecule has 3 aromatic heterocycles. The van der Waals surface area contributed by atoms with Crippen LogP contribution in [0.4, 0.5) is 0 Å². The van der Waals surface area contributed by atoms with Crippen LogP contribution in [0.15, 0.2) is 34.9 Å². The van der Waals surface area contributed by atoms with E-state index in [9.17, 15) is 4.79 Å². The monoisotopic (exact) mass is 539 g/mol. The summed E-state index contributed by atoms with van der Waals surface area (Å²) >= 11 is 0. The molecular formula is C31H33N5O4. The third kappa shape index (κ3) is 4.40. The van der Waals surface area contributed by atoms with E-state index in [1.807, 2.05) is 45.0 Å². The van der Waals surface area contributed by atoms with E-state index in [1.54, 1.807) is 7.11 Å². The van der Waals surface area contributed by atoms with Crippen molar-refractivity contribution in [3.05, 3.63) is 58.7 Å². The fourth-order valence-corrected chi connectivity index (χ4v) is 5.29. The number of nitrogens with one attached hydrogen (secondary N) is 2. The Morgan fingerprint density at radius 1 is 1.07 bits per heavy atom. The molecule has 0 radical (unpaired) electrons. The number of rotatable bonds is 5. The van der Waals surface area contributed by atoms with E-state index in [1.165, 1.54) is 0 Å². The number of hydrogen-bond acceptors (Lipinski definition) is 7. The summed E-state index contributed by atoms with van der Waals surface area (Å²) < 4.78 is 16.5. The molecule has 0 aliphatic carbocycles. The molecule has 4 heterocycles. The summed E-state index contributed by atoms with van der Waals surface area (Å²) in [5, 5.41) is 9.00. The van der Waals surface area contributed by atoms with Gasteiger partial charge in [0.2, 0.25) is 0 Å². The molecule has 9 nitrogen and oxygen atoms in total. The molecule has 1 aliphatic rings. The van der Waals surface area contributed by atoms with E-state index >= 15 is 0 Å².